The number of benzene rings is 1. The molecular weight excluding hydrogens is 345 g/mol. The van der Waals surface area contributed by atoms with Crippen LogP contribution in [0.15, 0.2) is 24.3 Å². The molecule has 1 fully saturated rings. The fourth-order valence-electron chi connectivity index (χ4n) is 2.17. The molecule has 1 aliphatic rings. The van der Waals surface area contributed by atoms with E-state index in [2.05, 4.69) is 10.2 Å². The molecule has 1 amide bonds. The molecule has 1 heterocycles. The van der Waals surface area contributed by atoms with Crippen LogP contribution in [0.25, 0.3) is 0 Å². The fraction of sp³-hybridized carbons (Fsp3) is 0.467. The number of thioether (sulfide) groups is 1. The maximum Gasteiger partial charge on any atom is 0.416 e. The summed E-state index contributed by atoms with van der Waals surface area (Å²) in [5.41, 5.74) is -0.407. The van der Waals surface area contributed by atoms with Gasteiger partial charge in [-0.25, -0.2) is 0 Å². The molecule has 0 saturated carbocycles. The van der Waals surface area contributed by atoms with E-state index in [-0.39, 0.29) is 5.91 Å². The molecule has 0 aliphatic carbocycles. The lowest BCUT2D eigenvalue weighted by Crippen LogP contribution is -2.29. The third kappa shape index (κ3) is 5.10. The monoisotopic (exact) mass is 362 g/mol. The molecule has 2 rings (SSSR count). The highest BCUT2D eigenvalue weighted by atomic mass is 32.2. The quantitative estimate of drug-likeness (QED) is 0.819. The van der Waals surface area contributed by atoms with Crippen LogP contribution in [-0.4, -0.2) is 33.5 Å². The van der Waals surface area contributed by atoms with E-state index in [1.165, 1.54) is 23.9 Å². The Morgan fingerprint density at radius 1 is 1.26 bits per heavy atom. The van der Waals surface area contributed by atoms with Crippen molar-refractivity contribution < 1.29 is 18.0 Å². The number of nitrogens with one attached hydrogen (secondary N) is 1. The van der Waals surface area contributed by atoms with Gasteiger partial charge < -0.3 is 10.2 Å². The fourth-order valence-corrected chi connectivity index (χ4v) is 3.58. The minimum Gasteiger partial charge on any atom is -0.358 e. The first-order chi connectivity index (χ1) is 10.8. The lowest BCUT2D eigenvalue weighted by Gasteiger charge is -2.20. The second kappa shape index (κ2) is 7.53. The number of thiocarbonyl (C=S) groups is 1. The number of carbonyl (C=O) groups is 1. The van der Waals surface area contributed by atoms with Crippen molar-refractivity contribution in [2.45, 2.75) is 31.2 Å². The molecule has 1 aliphatic heterocycles. The van der Waals surface area contributed by atoms with Crippen LogP contribution in [0.2, 0.25) is 0 Å². The van der Waals surface area contributed by atoms with Crippen LogP contribution < -0.4 is 5.32 Å². The van der Waals surface area contributed by atoms with Gasteiger partial charge in [0.25, 0.3) is 0 Å². The van der Waals surface area contributed by atoms with Crippen LogP contribution in [0.3, 0.4) is 0 Å². The summed E-state index contributed by atoms with van der Waals surface area (Å²) in [6.07, 6.45) is -2.17. The number of alkyl halides is 3. The van der Waals surface area contributed by atoms with Crippen molar-refractivity contribution in [3.05, 3.63) is 29.8 Å². The van der Waals surface area contributed by atoms with Gasteiger partial charge in [-0.05, 0) is 44.0 Å². The molecule has 1 aromatic carbocycles. The van der Waals surface area contributed by atoms with Gasteiger partial charge in [-0.15, -0.1) is 0 Å². The first-order valence-corrected chi connectivity index (χ1v) is 8.50. The largest absolute Gasteiger partial charge is 0.416 e. The van der Waals surface area contributed by atoms with Gasteiger partial charge >= 0.3 is 6.18 Å². The highest BCUT2D eigenvalue weighted by Crippen LogP contribution is 2.30. The van der Waals surface area contributed by atoms with Crippen molar-refractivity contribution in [3.8, 4) is 0 Å². The van der Waals surface area contributed by atoms with Crippen LogP contribution in [0.1, 0.15) is 25.3 Å². The average Bonchev–Trinajstić information content (AvgIpc) is 3.01. The van der Waals surface area contributed by atoms with Crippen LogP contribution >= 0.6 is 24.0 Å². The topological polar surface area (TPSA) is 32.3 Å². The first kappa shape index (κ1) is 18.1. The van der Waals surface area contributed by atoms with Crippen molar-refractivity contribution in [2.24, 2.45) is 0 Å². The molecule has 1 saturated heterocycles. The third-order valence-corrected chi connectivity index (χ3v) is 5.07. The Kier molecular flexibility index (Phi) is 5.91. The number of amides is 1. The van der Waals surface area contributed by atoms with Crippen molar-refractivity contribution in [1.82, 2.24) is 4.90 Å². The van der Waals surface area contributed by atoms with Crippen LogP contribution in [-0.2, 0) is 11.0 Å². The van der Waals surface area contributed by atoms with E-state index >= 15 is 0 Å². The van der Waals surface area contributed by atoms with Crippen LogP contribution in [0, 0.1) is 0 Å². The number of hydrogen-bond acceptors (Lipinski definition) is 3. The highest BCUT2D eigenvalue weighted by Gasteiger charge is 2.30. The van der Waals surface area contributed by atoms with E-state index in [0.29, 0.717) is 10.0 Å². The Balaban J connectivity index is 1.89. The summed E-state index contributed by atoms with van der Waals surface area (Å²) in [7, 11) is 0. The second-order valence-electron chi connectivity index (χ2n) is 5.28. The summed E-state index contributed by atoms with van der Waals surface area (Å²) < 4.78 is 38.2. The van der Waals surface area contributed by atoms with Crippen LogP contribution in [0.4, 0.5) is 18.9 Å². The molecule has 8 heteroatoms. The first-order valence-electron chi connectivity index (χ1n) is 7.21. The number of anilines is 1. The minimum atomic E-state index is -4.38. The summed E-state index contributed by atoms with van der Waals surface area (Å²) >= 11 is 6.61. The molecule has 1 atom stereocenters. The maximum absolute atomic E-state index is 12.5. The van der Waals surface area contributed by atoms with Gasteiger partial charge in [0.15, 0.2) is 0 Å². The Morgan fingerprint density at radius 2 is 1.83 bits per heavy atom. The van der Waals surface area contributed by atoms with E-state index < -0.39 is 17.0 Å². The molecule has 0 spiro atoms. The van der Waals surface area contributed by atoms with Gasteiger partial charge in [0.2, 0.25) is 5.91 Å². The van der Waals surface area contributed by atoms with E-state index in [9.17, 15) is 18.0 Å². The average molecular weight is 362 g/mol. The minimum absolute atomic E-state index is 0.281. The zero-order chi connectivity index (χ0) is 17.0. The predicted molar refractivity (Wildman–Crippen MR) is 90.5 cm³/mol. The summed E-state index contributed by atoms with van der Waals surface area (Å²) in [6, 6.07) is 4.39. The van der Waals surface area contributed by atoms with Gasteiger partial charge in [-0.3, -0.25) is 4.79 Å². The van der Waals surface area contributed by atoms with Gasteiger partial charge in [0, 0.05) is 18.8 Å². The zero-order valence-corrected chi connectivity index (χ0v) is 14.2. The van der Waals surface area contributed by atoms with E-state index in [4.69, 9.17) is 12.2 Å². The second-order valence-corrected chi connectivity index (χ2v) is 7.26. The normalized spacial score (nSPS) is 16.3. The predicted octanol–water partition coefficient (Wildman–Crippen LogP) is 4.15. The number of hydrogen-bond donors (Lipinski definition) is 1. The number of likely N-dealkylation sites (tertiary alicyclic amines) is 1. The van der Waals surface area contributed by atoms with Crippen LogP contribution in [0.5, 0.6) is 0 Å². The Bertz CT molecular complexity index is 569. The van der Waals surface area contributed by atoms with Gasteiger partial charge in [0.05, 0.1) is 10.8 Å². The SMILES string of the molecule is C[C@@H](SC(=S)N1CCCC1)C(=O)Nc1ccc(C(F)(F)F)cc1. The zero-order valence-electron chi connectivity index (χ0n) is 12.5. The summed E-state index contributed by atoms with van der Waals surface area (Å²) in [5, 5.41) is 2.20. The Labute approximate surface area is 142 Å². The lowest BCUT2D eigenvalue weighted by molar-refractivity contribution is -0.137. The number of halogens is 3. The Morgan fingerprint density at radius 3 is 2.35 bits per heavy atom. The van der Waals surface area contributed by atoms with Gasteiger partial charge in [0.1, 0.15) is 4.32 Å². The third-order valence-electron chi connectivity index (χ3n) is 3.49. The molecule has 0 unspecified atom stereocenters. The molecule has 126 valence electrons. The molecule has 1 N–H and O–H groups in total. The standard InChI is InChI=1S/C15H17F3N2OS2/c1-10(23-14(22)20-8-2-3-9-20)13(21)19-12-6-4-11(5-7-12)15(16,17)18/h4-7,10H,2-3,8-9H2,1H3,(H,19,21)/t10-/m1/s1. The van der Waals surface area contributed by atoms with E-state index in [1.54, 1.807) is 6.92 Å². The van der Waals surface area contributed by atoms with Crippen molar-refractivity contribution in [2.75, 3.05) is 18.4 Å². The number of carbonyl (C=O) groups excluding carboxylic acids is 1. The Hall–Kier alpha value is -1.28. The van der Waals surface area contributed by atoms with Crippen molar-refractivity contribution in [3.63, 3.8) is 0 Å². The van der Waals surface area contributed by atoms with Gasteiger partial charge in [-0.1, -0.05) is 24.0 Å². The lowest BCUT2D eigenvalue weighted by atomic mass is 10.2. The molecule has 0 radical (unpaired) electrons. The van der Waals surface area contributed by atoms with E-state index in [0.717, 1.165) is 38.1 Å². The van der Waals surface area contributed by atoms with Gasteiger partial charge in [-0.2, -0.15) is 13.2 Å². The highest BCUT2D eigenvalue weighted by molar-refractivity contribution is 8.23. The summed E-state index contributed by atoms with van der Waals surface area (Å²) in [5.74, 6) is -0.281. The summed E-state index contributed by atoms with van der Waals surface area (Å²) in [6.45, 7) is 3.56. The summed E-state index contributed by atoms with van der Waals surface area (Å²) in [4.78, 5) is 14.2. The molecule has 0 aromatic heterocycles. The molecule has 1 aromatic rings. The number of nitrogens with zero attached hydrogens (tertiary/aromatic N) is 1. The van der Waals surface area contributed by atoms with Crippen molar-refractivity contribution >= 4 is 39.9 Å². The molecule has 3 nitrogen and oxygen atoms in total. The number of rotatable bonds is 3. The smallest absolute Gasteiger partial charge is 0.358 e. The molecular formula is C15H17F3N2OS2. The van der Waals surface area contributed by atoms with E-state index in [1.807, 2.05) is 0 Å². The molecule has 23 heavy (non-hydrogen) atoms. The molecule has 0 bridgehead atoms. The maximum atomic E-state index is 12.5. The van der Waals surface area contributed by atoms with Crippen molar-refractivity contribution in [1.29, 1.82) is 0 Å².